The monoisotopic (exact) mass is 442 g/mol. The van der Waals surface area contributed by atoms with Crippen molar-refractivity contribution in [3.8, 4) is 0 Å². The molecule has 1 amide bonds. The topological polar surface area (TPSA) is 66.5 Å². The largest absolute Gasteiger partial charge is 0.352 e. The van der Waals surface area contributed by atoms with Gasteiger partial charge in [-0.2, -0.15) is 4.31 Å². The van der Waals surface area contributed by atoms with Gasteiger partial charge in [0, 0.05) is 30.6 Å². The zero-order chi connectivity index (χ0) is 21.1. The molecule has 4 rings (SSSR count). The Labute approximate surface area is 181 Å². The zero-order valence-corrected chi connectivity index (χ0v) is 18.0. The van der Waals surface area contributed by atoms with Crippen molar-refractivity contribution in [2.75, 3.05) is 13.1 Å². The molecule has 156 valence electrons. The number of piperidine rings is 1. The van der Waals surface area contributed by atoms with Gasteiger partial charge in [0.05, 0.1) is 4.90 Å². The quantitative estimate of drug-likeness (QED) is 0.643. The molecule has 1 aliphatic rings. The summed E-state index contributed by atoms with van der Waals surface area (Å²) >= 11 is 5.88. The number of hydrogen-bond donors (Lipinski definition) is 1. The van der Waals surface area contributed by atoms with Crippen LogP contribution in [0.15, 0.2) is 71.6 Å². The van der Waals surface area contributed by atoms with E-state index >= 15 is 0 Å². The lowest BCUT2D eigenvalue weighted by molar-refractivity contribution is -0.126. The van der Waals surface area contributed by atoms with Crippen molar-refractivity contribution in [2.45, 2.75) is 24.3 Å². The molecule has 0 aliphatic carbocycles. The van der Waals surface area contributed by atoms with Crippen LogP contribution in [-0.2, 0) is 21.4 Å². The number of nitrogens with one attached hydrogen (secondary N) is 1. The van der Waals surface area contributed by atoms with E-state index in [0.29, 0.717) is 42.4 Å². The first kappa shape index (κ1) is 20.8. The minimum absolute atomic E-state index is 0.0345. The average Bonchev–Trinajstić information content (AvgIpc) is 2.78. The summed E-state index contributed by atoms with van der Waals surface area (Å²) in [5, 5.41) is 5.51. The van der Waals surface area contributed by atoms with Gasteiger partial charge in [0.15, 0.2) is 0 Å². The third kappa shape index (κ3) is 4.51. The second-order valence-corrected chi connectivity index (χ2v) is 9.91. The van der Waals surface area contributed by atoms with E-state index in [0.717, 1.165) is 16.3 Å². The van der Waals surface area contributed by atoms with Gasteiger partial charge in [-0.05, 0) is 53.4 Å². The van der Waals surface area contributed by atoms with E-state index < -0.39 is 10.0 Å². The van der Waals surface area contributed by atoms with Crippen molar-refractivity contribution in [3.63, 3.8) is 0 Å². The maximum Gasteiger partial charge on any atom is 0.243 e. The summed E-state index contributed by atoms with van der Waals surface area (Å²) in [4.78, 5) is 12.8. The van der Waals surface area contributed by atoms with Crippen molar-refractivity contribution in [3.05, 3.63) is 77.3 Å². The van der Waals surface area contributed by atoms with Gasteiger partial charge in [-0.25, -0.2) is 8.42 Å². The Morgan fingerprint density at radius 2 is 1.63 bits per heavy atom. The van der Waals surface area contributed by atoms with Crippen LogP contribution in [0, 0.1) is 5.92 Å². The van der Waals surface area contributed by atoms with Crippen molar-refractivity contribution in [1.29, 1.82) is 0 Å². The van der Waals surface area contributed by atoms with Crippen LogP contribution in [0.4, 0.5) is 0 Å². The lowest BCUT2D eigenvalue weighted by Gasteiger charge is -2.30. The molecule has 3 aromatic rings. The third-order valence-corrected chi connectivity index (χ3v) is 7.71. The van der Waals surface area contributed by atoms with Gasteiger partial charge in [-0.3, -0.25) is 4.79 Å². The molecule has 1 aliphatic heterocycles. The smallest absolute Gasteiger partial charge is 0.243 e. The van der Waals surface area contributed by atoms with Gasteiger partial charge in [0.25, 0.3) is 0 Å². The second-order valence-electron chi connectivity index (χ2n) is 7.53. The summed E-state index contributed by atoms with van der Waals surface area (Å²) in [7, 11) is -3.57. The fourth-order valence-electron chi connectivity index (χ4n) is 3.77. The number of rotatable bonds is 5. The molecular formula is C23H23ClN2O3S. The van der Waals surface area contributed by atoms with Crippen LogP contribution >= 0.6 is 11.6 Å². The molecular weight excluding hydrogens is 420 g/mol. The van der Waals surface area contributed by atoms with Crippen LogP contribution in [0.5, 0.6) is 0 Å². The van der Waals surface area contributed by atoms with E-state index in [1.807, 2.05) is 42.5 Å². The van der Waals surface area contributed by atoms with Gasteiger partial charge < -0.3 is 5.32 Å². The number of halogens is 1. The highest BCUT2D eigenvalue weighted by Crippen LogP contribution is 2.26. The van der Waals surface area contributed by atoms with Crippen LogP contribution in [0.1, 0.15) is 18.4 Å². The minimum atomic E-state index is -3.57. The number of sulfonamides is 1. The van der Waals surface area contributed by atoms with Crippen molar-refractivity contribution in [1.82, 2.24) is 9.62 Å². The Kier molecular flexibility index (Phi) is 6.09. The van der Waals surface area contributed by atoms with E-state index in [2.05, 4.69) is 5.32 Å². The first-order valence-corrected chi connectivity index (χ1v) is 11.8. The van der Waals surface area contributed by atoms with E-state index in [1.54, 1.807) is 24.3 Å². The fourth-order valence-corrected chi connectivity index (χ4v) is 5.40. The third-order valence-electron chi connectivity index (χ3n) is 5.56. The van der Waals surface area contributed by atoms with Crippen LogP contribution in [0.25, 0.3) is 10.8 Å². The van der Waals surface area contributed by atoms with E-state index in [9.17, 15) is 13.2 Å². The SMILES string of the molecule is O=C(NCc1ccc(Cl)cc1)C1CCN(S(=O)(=O)c2ccc3ccccc3c2)CC1. The van der Waals surface area contributed by atoms with Crippen molar-refractivity contribution >= 4 is 38.3 Å². The Bertz CT molecular complexity index is 1150. The number of amides is 1. The number of nitrogens with zero attached hydrogens (tertiary/aromatic N) is 1. The molecule has 30 heavy (non-hydrogen) atoms. The maximum absolute atomic E-state index is 13.1. The molecule has 0 spiro atoms. The molecule has 0 saturated carbocycles. The standard InChI is InChI=1S/C23H23ClN2O3S/c24-21-8-5-17(6-9-21)16-25-23(27)19-11-13-26(14-12-19)30(28,29)22-10-7-18-3-1-2-4-20(18)15-22/h1-10,15,19H,11-14,16H2,(H,25,27). The Hall–Kier alpha value is -2.41. The number of hydrogen-bond acceptors (Lipinski definition) is 3. The maximum atomic E-state index is 13.1. The molecule has 5 nitrogen and oxygen atoms in total. The van der Waals surface area contributed by atoms with Gasteiger partial charge in [-0.15, -0.1) is 0 Å². The Balaban J connectivity index is 1.36. The highest BCUT2D eigenvalue weighted by Gasteiger charge is 2.32. The van der Waals surface area contributed by atoms with Crippen LogP contribution in [0.3, 0.4) is 0 Å². The number of carbonyl (C=O) groups excluding carboxylic acids is 1. The van der Waals surface area contributed by atoms with Crippen LogP contribution < -0.4 is 5.32 Å². The zero-order valence-electron chi connectivity index (χ0n) is 16.4. The van der Waals surface area contributed by atoms with E-state index in [-0.39, 0.29) is 11.8 Å². The van der Waals surface area contributed by atoms with E-state index in [1.165, 1.54) is 4.31 Å². The summed E-state index contributed by atoms with van der Waals surface area (Å²) in [6, 6.07) is 20.2. The first-order chi connectivity index (χ1) is 14.4. The lowest BCUT2D eigenvalue weighted by atomic mass is 9.97. The minimum Gasteiger partial charge on any atom is -0.352 e. The van der Waals surface area contributed by atoms with Crippen molar-refractivity contribution < 1.29 is 13.2 Å². The second kappa shape index (κ2) is 8.76. The molecule has 1 heterocycles. The van der Waals surface area contributed by atoms with Crippen LogP contribution in [-0.4, -0.2) is 31.7 Å². The van der Waals surface area contributed by atoms with E-state index in [4.69, 9.17) is 11.6 Å². The summed E-state index contributed by atoms with van der Waals surface area (Å²) < 4.78 is 27.6. The van der Waals surface area contributed by atoms with Crippen molar-refractivity contribution in [2.24, 2.45) is 5.92 Å². The molecule has 7 heteroatoms. The molecule has 3 aromatic carbocycles. The molecule has 1 saturated heterocycles. The molecule has 0 unspecified atom stereocenters. The lowest BCUT2D eigenvalue weighted by Crippen LogP contribution is -2.42. The highest BCUT2D eigenvalue weighted by atomic mass is 35.5. The normalized spacial score (nSPS) is 15.9. The number of benzene rings is 3. The van der Waals surface area contributed by atoms with Gasteiger partial charge in [-0.1, -0.05) is 54.1 Å². The molecule has 0 aromatic heterocycles. The Morgan fingerprint density at radius 1 is 0.967 bits per heavy atom. The fraction of sp³-hybridized carbons (Fsp3) is 0.261. The first-order valence-electron chi connectivity index (χ1n) is 9.94. The highest BCUT2D eigenvalue weighted by molar-refractivity contribution is 7.89. The summed E-state index contributed by atoms with van der Waals surface area (Å²) in [5.41, 5.74) is 0.976. The molecule has 0 radical (unpaired) electrons. The van der Waals surface area contributed by atoms with Gasteiger partial charge in [0.1, 0.15) is 0 Å². The van der Waals surface area contributed by atoms with Gasteiger partial charge in [0.2, 0.25) is 15.9 Å². The average molecular weight is 443 g/mol. The summed E-state index contributed by atoms with van der Waals surface area (Å²) in [5.74, 6) is -0.215. The number of fused-ring (bicyclic) bond motifs is 1. The molecule has 0 atom stereocenters. The molecule has 1 N–H and O–H groups in total. The van der Waals surface area contributed by atoms with Gasteiger partial charge >= 0.3 is 0 Å². The number of carbonyl (C=O) groups is 1. The molecule has 1 fully saturated rings. The summed E-state index contributed by atoms with van der Waals surface area (Å²) in [6.07, 6.45) is 1.03. The predicted octanol–water partition coefficient (Wildman–Crippen LogP) is 4.21. The van der Waals surface area contributed by atoms with Crippen LogP contribution in [0.2, 0.25) is 5.02 Å². The summed E-state index contributed by atoms with van der Waals surface area (Å²) in [6.45, 7) is 1.12. The Morgan fingerprint density at radius 3 is 2.33 bits per heavy atom. The predicted molar refractivity (Wildman–Crippen MR) is 119 cm³/mol. The molecule has 0 bridgehead atoms.